The van der Waals surface area contributed by atoms with E-state index in [0.29, 0.717) is 15.1 Å². The molecular weight excluding hydrogens is 300 g/mol. The van der Waals surface area contributed by atoms with E-state index in [2.05, 4.69) is 13.8 Å². The molecule has 102 valence electrons. The van der Waals surface area contributed by atoms with Crippen molar-refractivity contribution in [2.24, 2.45) is 5.92 Å². The van der Waals surface area contributed by atoms with Crippen molar-refractivity contribution in [1.82, 2.24) is 0 Å². The van der Waals surface area contributed by atoms with Crippen LogP contribution < -0.4 is 0 Å². The van der Waals surface area contributed by atoms with Crippen molar-refractivity contribution in [3.63, 3.8) is 0 Å². The maximum atomic E-state index is 12.4. The smallest absolute Gasteiger partial charge is 0.215 e. The Bertz CT molecular complexity index is 655. The quantitative estimate of drug-likeness (QED) is 0.836. The Labute approximate surface area is 123 Å². The predicted octanol–water partition coefficient (Wildman–Crippen LogP) is 4.43. The maximum absolute atomic E-state index is 12.4. The third kappa shape index (κ3) is 3.38. The Hall–Kier alpha value is -0.840. The van der Waals surface area contributed by atoms with Crippen LogP contribution in [0.4, 0.5) is 0 Å². The molecule has 0 aliphatic carbocycles. The van der Waals surface area contributed by atoms with Crippen LogP contribution in [0.1, 0.15) is 18.7 Å². The average Bonchev–Trinajstić information content (AvgIpc) is 2.78. The minimum absolute atomic E-state index is 0.287. The number of thiophene rings is 1. The van der Waals surface area contributed by atoms with Crippen LogP contribution in [0.3, 0.4) is 0 Å². The number of sulfone groups is 1. The number of hydrogen-bond donors (Lipinski definition) is 0. The second-order valence-electron chi connectivity index (χ2n) is 4.78. The molecule has 0 amide bonds. The molecule has 0 bridgehead atoms. The summed E-state index contributed by atoms with van der Waals surface area (Å²) in [6, 6.07) is 9.85. The van der Waals surface area contributed by atoms with E-state index in [9.17, 15) is 8.42 Å². The van der Waals surface area contributed by atoms with Crippen molar-refractivity contribution in [3.05, 3.63) is 46.3 Å². The standard InChI is InChI=1S/C14H15ClO2S2/c1-10(2)9-12-5-8-14(18-12)19(16,17)13-6-3-11(15)4-7-13/h3-8,10H,9H2,1-2H3. The topological polar surface area (TPSA) is 34.1 Å². The van der Waals surface area contributed by atoms with E-state index < -0.39 is 9.84 Å². The van der Waals surface area contributed by atoms with Gasteiger partial charge in [-0.1, -0.05) is 25.4 Å². The third-order valence-electron chi connectivity index (χ3n) is 2.64. The highest BCUT2D eigenvalue weighted by atomic mass is 35.5. The lowest BCUT2D eigenvalue weighted by atomic mass is 10.1. The van der Waals surface area contributed by atoms with E-state index in [0.717, 1.165) is 11.3 Å². The largest absolute Gasteiger partial charge is 0.218 e. The molecule has 2 nitrogen and oxygen atoms in total. The van der Waals surface area contributed by atoms with Gasteiger partial charge in [0.05, 0.1) is 4.90 Å². The van der Waals surface area contributed by atoms with Crippen molar-refractivity contribution in [2.75, 3.05) is 0 Å². The molecule has 2 rings (SSSR count). The zero-order valence-electron chi connectivity index (χ0n) is 10.8. The highest BCUT2D eigenvalue weighted by molar-refractivity contribution is 7.93. The summed E-state index contributed by atoms with van der Waals surface area (Å²) < 4.78 is 25.2. The van der Waals surface area contributed by atoms with Gasteiger partial charge in [0.1, 0.15) is 4.21 Å². The van der Waals surface area contributed by atoms with Gasteiger partial charge in [-0.2, -0.15) is 0 Å². The van der Waals surface area contributed by atoms with Gasteiger partial charge in [-0.05, 0) is 48.7 Å². The van der Waals surface area contributed by atoms with Crippen molar-refractivity contribution in [2.45, 2.75) is 29.4 Å². The molecule has 1 aromatic heterocycles. The first-order chi connectivity index (χ1) is 8.89. The van der Waals surface area contributed by atoms with Crippen LogP contribution in [0.15, 0.2) is 45.5 Å². The fourth-order valence-corrected chi connectivity index (χ4v) is 4.84. The van der Waals surface area contributed by atoms with Gasteiger partial charge in [-0.3, -0.25) is 0 Å². The minimum Gasteiger partial charge on any atom is -0.218 e. The lowest BCUT2D eigenvalue weighted by Gasteiger charge is -2.02. The van der Waals surface area contributed by atoms with Crippen LogP contribution in [0.25, 0.3) is 0 Å². The molecule has 0 spiro atoms. The van der Waals surface area contributed by atoms with Gasteiger partial charge < -0.3 is 0 Å². The number of halogens is 1. The van der Waals surface area contributed by atoms with E-state index in [-0.39, 0.29) is 4.90 Å². The summed E-state index contributed by atoms with van der Waals surface area (Å²) in [7, 11) is -3.41. The molecule has 0 atom stereocenters. The Morgan fingerprint density at radius 2 is 1.74 bits per heavy atom. The first kappa shape index (κ1) is 14.6. The van der Waals surface area contributed by atoms with Crippen LogP contribution in [0.5, 0.6) is 0 Å². The normalized spacial score (nSPS) is 12.0. The van der Waals surface area contributed by atoms with Crippen LogP contribution in [0, 0.1) is 5.92 Å². The maximum Gasteiger partial charge on any atom is 0.215 e. The molecule has 1 aromatic carbocycles. The Morgan fingerprint density at radius 3 is 2.32 bits per heavy atom. The molecule has 1 heterocycles. The number of rotatable bonds is 4. The summed E-state index contributed by atoms with van der Waals surface area (Å²) in [6.45, 7) is 4.24. The summed E-state index contributed by atoms with van der Waals surface area (Å²) in [5.74, 6) is 0.518. The zero-order valence-corrected chi connectivity index (χ0v) is 13.1. The highest BCUT2D eigenvalue weighted by Crippen LogP contribution is 2.29. The first-order valence-electron chi connectivity index (χ1n) is 5.99. The zero-order chi connectivity index (χ0) is 14.0. The molecule has 0 fully saturated rings. The molecular formula is C14H15ClO2S2. The van der Waals surface area contributed by atoms with Gasteiger partial charge >= 0.3 is 0 Å². The van der Waals surface area contributed by atoms with E-state index in [1.54, 1.807) is 30.3 Å². The summed E-state index contributed by atoms with van der Waals surface area (Å²) in [5.41, 5.74) is 0. The van der Waals surface area contributed by atoms with E-state index in [1.807, 2.05) is 6.07 Å². The minimum atomic E-state index is -3.41. The molecule has 2 aromatic rings. The summed E-state index contributed by atoms with van der Waals surface area (Å²) >= 11 is 7.12. The van der Waals surface area contributed by atoms with Gasteiger partial charge in [0.25, 0.3) is 0 Å². The van der Waals surface area contributed by atoms with Gasteiger partial charge in [0.2, 0.25) is 9.84 Å². The van der Waals surface area contributed by atoms with Crippen LogP contribution >= 0.6 is 22.9 Å². The molecule has 0 saturated heterocycles. The first-order valence-corrected chi connectivity index (χ1v) is 8.66. The molecule has 0 radical (unpaired) electrons. The van der Waals surface area contributed by atoms with Gasteiger partial charge in [-0.25, -0.2) is 8.42 Å². The summed E-state index contributed by atoms with van der Waals surface area (Å²) in [5, 5.41) is 0.533. The summed E-state index contributed by atoms with van der Waals surface area (Å²) in [6.07, 6.45) is 0.904. The predicted molar refractivity (Wildman–Crippen MR) is 79.8 cm³/mol. The van der Waals surface area contributed by atoms with Gasteiger partial charge in [0, 0.05) is 9.90 Å². The van der Waals surface area contributed by atoms with E-state index in [4.69, 9.17) is 11.6 Å². The molecule has 0 saturated carbocycles. The average molecular weight is 315 g/mol. The van der Waals surface area contributed by atoms with Gasteiger partial charge in [0.15, 0.2) is 0 Å². The SMILES string of the molecule is CC(C)Cc1ccc(S(=O)(=O)c2ccc(Cl)cc2)s1. The van der Waals surface area contributed by atoms with Crippen LogP contribution in [0.2, 0.25) is 5.02 Å². The molecule has 0 aliphatic heterocycles. The second-order valence-corrected chi connectivity index (χ2v) is 8.56. The van der Waals surface area contributed by atoms with Crippen molar-refractivity contribution < 1.29 is 8.42 Å². The monoisotopic (exact) mass is 314 g/mol. The van der Waals surface area contributed by atoms with Crippen molar-refractivity contribution in [3.8, 4) is 0 Å². The van der Waals surface area contributed by atoms with Gasteiger partial charge in [-0.15, -0.1) is 11.3 Å². The lowest BCUT2D eigenvalue weighted by Crippen LogP contribution is -1.98. The van der Waals surface area contributed by atoms with E-state index >= 15 is 0 Å². The van der Waals surface area contributed by atoms with Crippen molar-refractivity contribution in [1.29, 1.82) is 0 Å². The van der Waals surface area contributed by atoms with Crippen LogP contribution in [-0.2, 0) is 16.3 Å². The lowest BCUT2D eigenvalue weighted by molar-refractivity contribution is 0.598. The molecule has 19 heavy (non-hydrogen) atoms. The number of hydrogen-bond acceptors (Lipinski definition) is 3. The molecule has 0 unspecified atom stereocenters. The van der Waals surface area contributed by atoms with Crippen molar-refractivity contribution >= 4 is 32.8 Å². The Balaban J connectivity index is 2.34. The third-order valence-corrected chi connectivity index (χ3v) is 6.26. The summed E-state index contributed by atoms with van der Waals surface area (Å²) in [4.78, 5) is 1.39. The fraction of sp³-hybridized carbons (Fsp3) is 0.286. The fourth-order valence-electron chi connectivity index (χ4n) is 1.74. The molecule has 0 aliphatic rings. The molecule has 5 heteroatoms. The van der Waals surface area contributed by atoms with E-state index in [1.165, 1.54) is 11.3 Å². The van der Waals surface area contributed by atoms with Crippen LogP contribution in [-0.4, -0.2) is 8.42 Å². The number of benzene rings is 1. The molecule has 0 N–H and O–H groups in total. The second kappa shape index (κ2) is 5.65. The Morgan fingerprint density at radius 1 is 1.11 bits per heavy atom. The Kier molecular flexibility index (Phi) is 4.33. The highest BCUT2D eigenvalue weighted by Gasteiger charge is 2.19.